The molecule has 1 aromatic carbocycles. The quantitative estimate of drug-likeness (QED) is 0.406. The van der Waals surface area contributed by atoms with Gasteiger partial charge in [-0.25, -0.2) is 15.5 Å². The van der Waals surface area contributed by atoms with Crippen molar-refractivity contribution in [3.05, 3.63) is 42.0 Å². The number of aromatic nitrogens is 5. The van der Waals surface area contributed by atoms with E-state index in [1.807, 2.05) is 36.6 Å². The molecule has 2 aromatic heterocycles. The minimum Gasteiger partial charge on any atom is -0.326 e. The summed E-state index contributed by atoms with van der Waals surface area (Å²) in [7, 11) is 0. The molecule has 0 saturated carbocycles. The summed E-state index contributed by atoms with van der Waals surface area (Å²) in [6, 6.07) is 7.97. The molecule has 0 spiro atoms. The Bertz CT molecular complexity index is 789. The van der Waals surface area contributed by atoms with Crippen LogP contribution in [0.15, 0.2) is 30.5 Å². The van der Waals surface area contributed by atoms with Gasteiger partial charge in [-0.15, -0.1) is 5.10 Å². The molecule has 108 valence electrons. The average molecular weight is 285 g/mol. The van der Waals surface area contributed by atoms with Gasteiger partial charge in [0.25, 0.3) is 5.91 Å². The van der Waals surface area contributed by atoms with Crippen LogP contribution in [-0.4, -0.2) is 30.5 Å². The van der Waals surface area contributed by atoms with Crippen molar-refractivity contribution in [2.45, 2.75) is 20.0 Å². The monoisotopic (exact) mass is 285 g/mol. The minimum atomic E-state index is -0.453. The minimum absolute atomic E-state index is 0.199. The molecule has 8 heteroatoms. The lowest BCUT2D eigenvalue weighted by atomic mass is 10.3. The Morgan fingerprint density at radius 2 is 2.14 bits per heavy atom. The van der Waals surface area contributed by atoms with Crippen molar-refractivity contribution < 1.29 is 4.79 Å². The molecule has 3 rings (SSSR count). The molecule has 0 saturated heterocycles. The topological polar surface area (TPSA) is 104 Å². The summed E-state index contributed by atoms with van der Waals surface area (Å²) in [5, 5.41) is 7.68. The van der Waals surface area contributed by atoms with E-state index in [1.165, 1.54) is 0 Å². The first-order valence-electron chi connectivity index (χ1n) is 6.52. The number of hydrogen-bond acceptors (Lipinski definition) is 5. The third kappa shape index (κ3) is 2.48. The number of amides is 1. The van der Waals surface area contributed by atoms with Crippen LogP contribution in [0.5, 0.6) is 0 Å². The van der Waals surface area contributed by atoms with Crippen LogP contribution < -0.4 is 11.3 Å². The molecule has 21 heavy (non-hydrogen) atoms. The number of hydrazine groups is 1. The van der Waals surface area contributed by atoms with E-state index in [2.05, 4.69) is 19.9 Å². The highest BCUT2D eigenvalue weighted by Crippen LogP contribution is 2.15. The number of nitrogen functional groups attached to an aromatic ring is 1. The van der Waals surface area contributed by atoms with E-state index < -0.39 is 5.91 Å². The number of para-hydroxylation sites is 2. The van der Waals surface area contributed by atoms with Gasteiger partial charge in [-0.2, -0.15) is 0 Å². The van der Waals surface area contributed by atoms with Gasteiger partial charge < -0.3 is 4.57 Å². The fraction of sp³-hybridized carbons (Fsp3) is 0.231. The van der Waals surface area contributed by atoms with Gasteiger partial charge in [-0.1, -0.05) is 17.3 Å². The van der Waals surface area contributed by atoms with Crippen LogP contribution >= 0.6 is 0 Å². The number of carbonyl (C=O) groups excluding carboxylic acids is 1. The predicted octanol–water partition coefficient (Wildman–Crippen LogP) is 0.240. The van der Waals surface area contributed by atoms with Crippen LogP contribution in [0.4, 0.5) is 0 Å². The second-order valence-corrected chi connectivity index (χ2v) is 4.64. The number of rotatable bonds is 4. The second-order valence-electron chi connectivity index (χ2n) is 4.64. The maximum Gasteiger partial charge on any atom is 0.287 e. The third-order valence-corrected chi connectivity index (χ3v) is 3.30. The van der Waals surface area contributed by atoms with Crippen LogP contribution in [0.2, 0.25) is 0 Å². The molecule has 8 nitrogen and oxygen atoms in total. The largest absolute Gasteiger partial charge is 0.326 e. The van der Waals surface area contributed by atoms with E-state index >= 15 is 0 Å². The number of imidazole rings is 1. The first kappa shape index (κ1) is 13.3. The second kappa shape index (κ2) is 5.33. The van der Waals surface area contributed by atoms with Crippen LogP contribution in [0.3, 0.4) is 0 Å². The molecule has 0 aliphatic rings. The zero-order chi connectivity index (χ0) is 14.8. The Morgan fingerprint density at radius 3 is 2.95 bits per heavy atom. The van der Waals surface area contributed by atoms with Gasteiger partial charge in [-0.3, -0.25) is 10.2 Å². The number of aryl methyl sites for hydroxylation is 3. The highest BCUT2D eigenvalue weighted by atomic mass is 16.2. The van der Waals surface area contributed by atoms with E-state index in [4.69, 9.17) is 5.84 Å². The number of carbonyl (C=O) groups is 1. The summed E-state index contributed by atoms with van der Waals surface area (Å²) in [6.45, 7) is 3.25. The molecule has 3 aromatic rings. The number of hydrogen-bond donors (Lipinski definition) is 2. The molecule has 0 unspecified atom stereocenters. The van der Waals surface area contributed by atoms with Crippen molar-refractivity contribution in [3.8, 4) is 0 Å². The van der Waals surface area contributed by atoms with Crippen molar-refractivity contribution in [3.63, 3.8) is 0 Å². The lowest BCUT2D eigenvalue weighted by molar-refractivity contribution is 0.0948. The van der Waals surface area contributed by atoms with Crippen LogP contribution in [0.25, 0.3) is 11.0 Å². The molecule has 2 heterocycles. The average Bonchev–Trinajstić information content (AvgIpc) is 3.08. The Morgan fingerprint density at radius 1 is 1.33 bits per heavy atom. The van der Waals surface area contributed by atoms with Crippen molar-refractivity contribution in [2.24, 2.45) is 5.84 Å². The first-order chi connectivity index (χ1) is 10.2. The van der Waals surface area contributed by atoms with Gasteiger partial charge >= 0.3 is 0 Å². The molecule has 0 aliphatic heterocycles. The molecule has 0 radical (unpaired) electrons. The molecule has 3 N–H and O–H groups in total. The normalized spacial score (nSPS) is 11.0. The van der Waals surface area contributed by atoms with E-state index in [9.17, 15) is 4.79 Å². The summed E-state index contributed by atoms with van der Waals surface area (Å²) in [4.78, 5) is 15.8. The Hall–Kier alpha value is -2.74. The molecule has 0 fully saturated rings. The summed E-state index contributed by atoms with van der Waals surface area (Å²) in [5.41, 5.74) is 4.27. The molecular weight excluding hydrogens is 270 g/mol. The number of nitrogens with two attached hydrogens (primary N) is 1. The van der Waals surface area contributed by atoms with Crippen molar-refractivity contribution in [1.82, 2.24) is 30.0 Å². The fourth-order valence-corrected chi connectivity index (χ4v) is 2.27. The third-order valence-electron chi connectivity index (χ3n) is 3.30. The van der Waals surface area contributed by atoms with Crippen molar-refractivity contribution in [1.29, 1.82) is 0 Å². The lowest BCUT2D eigenvalue weighted by Gasteiger charge is -2.06. The SMILES string of the molecule is Cc1nc2ccccc2n1CCn1cc(C(=O)NN)nn1. The predicted molar refractivity (Wildman–Crippen MR) is 76.1 cm³/mol. The van der Waals surface area contributed by atoms with Gasteiger partial charge in [0, 0.05) is 6.54 Å². The summed E-state index contributed by atoms with van der Waals surface area (Å²) < 4.78 is 3.72. The Kier molecular flexibility index (Phi) is 3.36. The van der Waals surface area contributed by atoms with Crippen LogP contribution in [-0.2, 0) is 13.1 Å². The lowest BCUT2D eigenvalue weighted by Crippen LogP contribution is -2.30. The van der Waals surface area contributed by atoms with E-state index in [1.54, 1.807) is 10.9 Å². The number of nitrogens with zero attached hydrogens (tertiary/aromatic N) is 5. The molecular formula is C13H15N7O. The standard InChI is InChI=1S/C13H15N7O/c1-9-15-10-4-2-3-5-12(10)20(9)7-6-19-8-11(17-18-19)13(21)16-14/h2-5,8H,6-7,14H2,1H3,(H,16,21). The Labute approximate surface area is 120 Å². The van der Waals surface area contributed by atoms with Crippen LogP contribution in [0, 0.1) is 6.92 Å². The maximum absolute atomic E-state index is 11.3. The van der Waals surface area contributed by atoms with Crippen LogP contribution in [0.1, 0.15) is 16.3 Å². The van der Waals surface area contributed by atoms with E-state index in [0.717, 1.165) is 16.9 Å². The zero-order valence-corrected chi connectivity index (χ0v) is 11.5. The van der Waals surface area contributed by atoms with Gasteiger partial charge in [0.15, 0.2) is 5.69 Å². The fourth-order valence-electron chi connectivity index (χ4n) is 2.27. The number of benzene rings is 1. The highest BCUT2D eigenvalue weighted by molar-refractivity contribution is 5.91. The molecule has 0 aliphatic carbocycles. The number of fused-ring (bicyclic) bond motifs is 1. The van der Waals surface area contributed by atoms with Crippen molar-refractivity contribution >= 4 is 16.9 Å². The highest BCUT2D eigenvalue weighted by Gasteiger charge is 2.10. The smallest absolute Gasteiger partial charge is 0.287 e. The van der Waals surface area contributed by atoms with Gasteiger partial charge in [-0.05, 0) is 19.1 Å². The summed E-state index contributed by atoms with van der Waals surface area (Å²) in [5.74, 6) is 5.55. The number of nitrogens with one attached hydrogen (secondary N) is 1. The van der Waals surface area contributed by atoms with E-state index in [0.29, 0.717) is 13.1 Å². The Balaban J connectivity index is 1.79. The molecule has 1 amide bonds. The van der Waals surface area contributed by atoms with E-state index in [-0.39, 0.29) is 5.69 Å². The maximum atomic E-state index is 11.3. The van der Waals surface area contributed by atoms with Crippen molar-refractivity contribution in [2.75, 3.05) is 0 Å². The summed E-state index contributed by atoms with van der Waals surface area (Å²) >= 11 is 0. The van der Waals surface area contributed by atoms with Gasteiger partial charge in [0.05, 0.1) is 23.8 Å². The summed E-state index contributed by atoms with van der Waals surface area (Å²) in [6.07, 6.45) is 1.57. The molecule has 0 bridgehead atoms. The first-order valence-corrected chi connectivity index (χ1v) is 6.52. The van der Waals surface area contributed by atoms with Gasteiger partial charge in [0.1, 0.15) is 5.82 Å². The van der Waals surface area contributed by atoms with Gasteiger partial charge in [0.2, 0.25) is 0 Å². The zero-order valence-electron chi connectivity index (χ0n) is 11.5. The molecule has 0 atom stereocenters.